The lowest BCUT2D eigenvalue weighted by atomic mass is 10.00. The largest absolute Gasteiger partial charge is 0.505 e. The standard InChI is InChI=1S/C19H16ClNO6/c1-2-26-19-13(16(22)12-8-10(20)6-7-15(12)27-19)9-21-14-5-3-4-11(17(14)23)18(24)25/h3-9,19,21,23H,2H2,1H3,(H,24,25)/b13-9-. The number of carbonyl (C=O) groups is 2. The first-order valence-corrected chi connectivity index (χ1v) is 8.44. The molecule has 0 radical (unpaired) electrons. The fourth-order valence-electron chi connectivity index (χ4n) is 2.62. The molecule has 140 valence electrons. The number of rotatable bonds is 5. The lowest BCUT2D eigenvalue weighted by Crippen LogP contribution is -2.33. The second kappa shape index (κ2) is 7.69. The van der Waals surface area contributed by atoms with Crippen molar-refractivity contribution in [3.8, 4) is 11.5 Å². The van der Waals surface area contributed by atoms with Crippen LogP contribution in [0, 0.1) is 0 Å². The molecule has 0 saturated carbocycles. The number of hydrogen-bond donors (Lipinski definition) is 3. The Morgan fingerprint density at radius 1 is 1.37 bits per heavy atom. The molecular weight excluding hydrogens is 374 g/mol. The van der Waals surface area contributed by atoms with E-state index in [9.17, 15) is 14.7 Å². The molecule has 0 amide bonds. The third-order valence-corrected chi connectivity index (χ3v) is 4.14. The van der Waals surface area contributed by atoms with E-state index in [-0.39, 0.29) is 28.2 Å². The molecule has 1 unspecified atom stereocenters. The minimum Gasteiger partial charge on any atom is -0.505 e. The molecule has 0 spiro atoms. The highest BCUT2D eigenvalue weighted by Crippen LogP contribution is 2.34. The van der Waals surface area contributed by atoms with E-state index < -0.39 is 18.0 Å². The van der Waals surface area contributed by atoms with E-state index in [1.807, 2.05) is 0 Å². The van der Waals surface area contributed by atoms with Crippen LogP contribution in [0.1, 0.15) is 27.6 Å². The second-order valence-corrected chi connectivity index (χ2v) is 6.06. The van der Waals surface area contributed by atoms with Gasteiger partial charge in [-0.05, 0) is 37.3 Å². The Balaban J connectivity index is 1.97. The molecule has 7 nitrogen and oxygen atoms in total. The van der Waals surface area contributed by atoms with Crippen LogP contribution in [-0.4, -0.2) is 34.9 Å². The smallest absolute Gasteiger partial charge is 0.339 e. The van der Waals surface area contributed by atoms with Gasteiger partial charge >= 0.3 is 5.97 Å². The first-order valence-electron chi connectivity index (χ1n) is 8.06. The van der Waals surface area contributed by atoms with Crippen LogP contribution < -0.4 is 10.1 Å². The fraction of sp³-hybridized carbons (Fsp3) is 0.158. The van der Waals surface area contributed by atoms with Crippen LogP contribution in [0.25, 0.3) is 0 Å². The maximum Gasteiger partial charge on any atom is 0.339 e. The molecule has 2 aromatic carbocycles. The van der Waals surface area contributed by atoms with Gasteiger partial charge in [0, 0.05) is 17.8 Å². The van der Waals surface area contributed by atoms with Crippen LogP contribution in [0.3, 0.4) is 0 Å². The van der Waals surface area contributed by atoms with Crippen molar-refractivity contribution in [3.63, 3.8) is 0 Å². The molecule has 1 atom stereocenters. The third kappa shape index (κ3) is 3.74. The summed E-state index contributed by atoms with van der Waals surface area (Å²) in [5.41, 5.74) is 0.312. The summed E-state index contributed by atoms with van der Waals surface area (Å²) in [6.45, 7) is 2.07. The predicted molar refractivity (Wildman–Crippen MR) is 98.6 cm³/mol. The van der Waals surface area contributed by atoms with Crippen molar-refractivity contribution >= 4 is 29.0 Å². The summed E-state index contributed by atoms with van der Waals surface area (Å²) in [6, 6.07) is 8.92. The summed E-state index contributed by atoms with van der Waals surface area (Å²) in [5, 5.41) is 22.3. The average Bonchev–Trinajstić information content (AvgIpc) is 2.63. The van der Waals surface area contributed by atoms with Gasteiger partial charge in [-0.25, -0.2) is 4.79 Å². The van der Waals surface area contributed by atoms with Gasteiger partial charge in [-0.2, -0.15) is 0 Å². The van der Waals surface area contributed by atoms with Crippen molar-refractivity contribution in [1.82, 2.24) is 0 Å². The van der Waals surface area contributed by atoms with Crippen molar-refractivity contribution in [2.45, 2.75) is 13.2 Å². The topological polar surface area (TPSA) is 105 Å². The van der Waals surface area contributed by atoms with Gasteiger partial charge in [0.1, 0.15) is 11.3 Å². The maximum absolute atomic E-state index is 12.9. The molecule has 27 heavy (non-hydrogen) atoms. The summed E-state index contributed by atoms with van der Waals surface area (Å²) in [4.78, 5) is 24.0. The summed E-state index contributed by atoms with van der Waals surface area (Å²) in [6.07, 6.45) is 0.376. The highest BCUT2D eigenvalue weighted by atomic mass is 35.5. The van der Waals surface area contributed by atoms with Gasteiger partial charge in [0.2, 0.25) is 12.1 Å². The molecule has 0 aromatic heterocycles. The van der Waals surface area contributed by atoms with Crippen LogP contribution >= 0.6 is 11.6 Å². The number of anilines is 1. The lowest BCUT2D eigenvalue weighted by molar-refractivity contribution is -0.0509. The third-order valence-electron chi connectivity index (χ3n) is 3.90. The van der Waals surface area contributed by atoms with Gasteiger partial charge in [-0.3, -0.25) is 4.79 Å². The summed E-state index contributed by atoms with van der Waals surface area (Å²) >= 11 is 5.97. The van der Waals surface area contributed by atoms with Gasteiger partial charge in [0.25, 0.3) is 0 Å². The van der Waals surface area contributed by atoms with E-state index in [1.165, 1.54) is 30.5 Å². The molecule has 0 bridgehead atoms. The Morgan fingerprint density at radius 3 is 2.85 bits per heavy atom. The van der Waals surface area contributed by atoms with Crippen molar-refractivity contribution in [1.29, 1.82) is 0 Å². The highest BCUT2D eigenvalue weighted by Gasteiger charge is 2.32. The molecule has 1 heterocycles. The van der Waals surface area contributed by atoms with Crippen LogP contribution in [0.15, 0.2) is 48.2 Å². The summed E-state index contributed by atoms with van der Waals surface area (Å²) < 4.78 is 11.2. The molecule has 1 aliphatic heterocycles. The van der Waals surface area contributed by atoms with E-state index in [4.69, 9.17) is 26.2 Å². The molecule has 0 saturated heterocycles. The number of para-hydroxylation sites is 1. The second-order valence-electron chi connectivity index (χ2n) is 5.63. The Kier molecular flexibility index (Phi) is 5.34. The fourth-order valence-corrected chi connectivity index (χ4v) is 2.79. The van der Waals surface area contributed by atoms with Gasteiger partial charge in [-0.1, -0.05) is 17.7 Å². The zero-order valence-electron chi connectivity index (χ0n) is 14.2. The van der Waals surface area contributed by atoms with Gasteiger partial charge in [0.05, 0.1) is 16.8 Å². The first-order chi connectivity index (χ1) is 12.9. The SMILES string of the molecule is CCOC1Oc2ccc(Cl)cc2C(=O)/C1=C/Nc1cccc(C(=O)O)c1O. The molecule has 1 aliphatic rings. The molecule has 0 aliphatic carbocycles. The first kappa shape index (κ1) is 18.8. The minimum absolute atomic E-state index is 0.127. The number of carboxylic acids is 1. The van der Waals surface area contributed by atoms with Crippen molar-refractivity contribution in [2.75, 3.05) is 11.9 Å². The van der Waals surface area contributed by atoms with Crippen LogP contribution in [0.5, 0.6) is 11.5 Å². The molecule has 8 heteroatoms. The number of aromatic carboxylic acids is 1. The Bertz CT molecular complexity index is 940. The van der Waals surface area contributed by atoms with E-state index in [2.05, 4.69) is 5.32 Å². The number of phenols is 1. The number of nitrogens with one attached hydrogen (secondary N) is 1. The number of benzene rings is 2. The van der Waals surface area contributed by atoms with E-state index in [0.29, 0.717) is 17.4 Å². The number of ketones is 1. The number of halogens is 1. The highest BCUT2D eigenvalue weighted by molar-refractivity contribution is 6.31. The number of Topliss-reactive ketones (excluding diaryl/α,β-unsaturated/α-hetero) is 1. The number of carboxylic acid groups (broad SMARTS) is 1. The summed E-state index contributed by atoms with van der Waals surface area (Å²) in [5.74, 6) is -1.70. The van der Waals surface area contributed by atoms with E-state index in [0.717, 1.165) is 0 Å². The van der Waals surface area contributed by atoms with Crippen LogP contribution in [0.4, 0.5) is 5.69 Å². The average molecular weight is 390 g/mol. The van der Waals surface area contributed by atoms with Gasteiger partial charge < -0.3 is 25.0 Å². The maximum atomic E-state index is 12.9. The van der Waals surface area contributed by atoms with Crippen molar-refractivity contribution < 1.29 is 29.3 Å². The number of carbonyl (C=O) groups excluding carboxylic acids is 1. The monoisotopic (exact) mass is 389 g/mol. The molecule has 0 fully saturated rings. The molecule has 2 aromatic rings. The number of fused-ring (bicyclic) bond motifs is 1. The Morgan fingerprint density at radius 2 is 2.15 bits per heavy atom. The van der Waals surface area contributed by atoms with E-state index >= 15 is 0 Å². The number of aromatic hydroxyl groups is 1. The number of hydrogen-bond acceptors (Lipinski definition) is 6. The van der Waals surface area contributed by atoms with E-state index in [1.54, 1.807) is 19.1 Å². The van der Waals surface area contributed by atoms with Crippen molar-refractivity contribution in [2.24, 2.45) is 0 Å². The van der Waals surface area contributed by atoms with Gasteiger partial charge in [0.15, 0.2) is 5.75 Å². The zero-order chi connectivity index (χ0) is 19.6. The Hall–Kier alpha value is -3.03. The number of ether oxygens (including phenoxy) is 2. The zero-order valence-corrected chi connectivity index (χ0v) is 15.0. The van der Waals surface area contributed by atoms with Crippen LogP contribution in [-0.2, 0) is 4.74 Å². The quantitative estimate of drug-likeness (QED) is 0.529. The lowest BCUT2D eigenvalue weighted by Gasteiger charge is -2.27. The summed E-state index contributed by atoms with van der Waals surface area (Å²) in [7, 11) is 0. The molecular formula is C19H16ClNO6. The predicted octanol–water partition coefficient (Wildman–Crippen LogP) is 3.68. The molecule has 3 N–H and O–H groups in total. The Labute approximate surface area is 159 Å². The minimum atomic E-state index is -1.27. The van der Waals surface area contributed by atoms with Gasteiger partial charge in [-0.15, -0.1) is 0 Å². The van der Waals surface area contributed by atoms with Crippen LogP contribution in [0.2, 0.25) is 5.02 Å². The normalized spacial score (nSPS) is 17.3. The van der Waals surface area contributed by atoms with Crippen molar-refractivity contribution in [3.05, 3.63) is 64.3 Å². The molecule has 3 rings (SSSR count).